The molecule has 1 aromatic heterocycles. The zero-order valence-corrected chi connectivity index (χ0v) is 13.0. The maximum absolute atomic E-state index is 5.21. The molecule has 0 saturated heterocycles. The monoisotopic (exact) mass is 307 g/mol. The minimum atomic E-state index is 0.808. The third kappa shape index (κ3) is 3.58. The van der Waals surface area contributed by atoms with Crippen LogP contribution in [0.1, 0.15) is 5.56 Å². The molecule has 0 N–H and O–H groups in total. The Morgan fingerprint density at radius 3 is 2.48 bits per heavy atom. The summed E-state index contributed by atoms with van der Waals surface area (Å²) in [6.07, 6.45) is 5.68. The topological polar surface area (TPSA) is 49.2 Å². The third-order valence-electron chi connectivity index (χ3n) is 3.41. The van der Waals surface area contributed by atoms with Crippen molar-refractivity contribution in [2.24, 2.45) is 0 Å². The maximum Gasteiger partial charge on any atom is 0.119 e. The van der Waals surface area contributed by atoms with Crippen molar-refractivity contribution in [1.82, 2.24) is 15.0 Å². The van der Waals surface area contributed by atoms with Gasteiger partial charge in [-0.2, -0.15) is 0 Å². The summed E-state index contributed by atoms with van der Waals surface area (Å²) in [7, 11) is 3.30. The first-order chi connectivity index (χ1) is 11.3. The molecule has 0 aliphatic heterocycles. The van der Waals surface area contributed by atoms with Crippen LogP contribution in [0.3, 0.4) is 0 Å². The average Bonchev–Trinajstić information content (AvgIpc) is 3.09. The van der Waals surface area contributed by atoms with E-state index in [2.05, 4.69) is 10.3 Å². The lowest BCUT2D eigenvalue weighted by Crippen LogP contribution is -1.86. The van der Waals surface area contributed by atoms with Crippen LogP contribution in [-0.4, -0.2) is 29.2 Å². The average molecular weight is 307 g/mol. The molecule has 0 spiro atoms. The van der Waals surface area contributed by atoms with Crippen LogP contribution in [0.25, 0.3) is 23.5 Å². The molecule has 23 heavy (non-hydrogen) atoms. The minimum Gasteiger partial charge on any atom is -0.497 e. The number of benzene rings is 2. The molecule has 0 saturated carbocycles. The van der Waals surface area contributed by atoms with Crippen LogP contribution >= 0.6 is 0 Å². The van der Waals surface area contributed by atoms with Gasteiger partial charge in [0.1, 0.15) is 17.2 Å². The molecule has 0 aliphatic carbocycles. The van der Waals surface area contributed by atoms with Crippen LogP contribution in [-0.2, 0) is 0 Å². The second-order valence-electron chi connectivity index (χ2n) is 4.90. The number of methoxy groups -OCH3 is 2. The van der Waals surface area contributed by atoms with Gasteiger partial charge in [0.2, 0.25) is 0 Å². The lowest BCUT2D eigenvalue weighted by molar-refractivity contribution is 0.414. The summed E-state index contributed by atoms with van der Waals surface area (Å²) < 4.78 is 12.0. The van der Waals surface area contributed by atoms with Crippen molar-refractivity contribution in [2.75, 3.05) is 14.2 Å². The van der Waals surface area contributed by atoms with E-state index in [0.29, 0.717) is 0 Å². The first-order valence-electron chi connectivity index (χ1n) is 7.17. The van der Waals surface area contributed by atoms with Gasteiger partial charge in [0.05, 0.1) is 20.4 Å². The molecule has 0 amide bonds. The summed E-state index contributed by atoms with van der Waals surface area (Å²) in [5.41, 5.74) is 2.83. The van der Waals surface area contributed by atoms with Crippen LogP contribution in [0.2, 0.25) is 0 Å². The first kappa shape index (κ1) is 14.8. The molecule has 1 heterocycles. The molecule has 5 heteroatoms. The molecule has 0 aliphatic rings. The number of hydrogen-bond donors (Lipinski definition) is 0. The Hall–Kier alpha value is -3.08. The number of rotatable bonds is 5. The Morgan fingerprint density at radius 2 is 1.74 bits per heavy atom. The molecule has 2 aromatic carbocycles. The van der Waals surface area contributed by atoms with Crippen molar-refractivity contribution >= 4 is 12.3 Å². The fourth-order valence-electron chi connectivity index (χ4n) is 2.15. The molecule has 116 valence electrons. The highest BCUT2D eigenvalue weighted by molar-refractivity contribution is 5.63. The van der Waals surface area contributed by atoms with Gasteiger partial charge in [0, 0.05) is 11.8 Å². The molecule has 0 fully saturated rings. The molecule has 0 radical (unpaired) electrons. The largest absolute Gasteiger partial charge is 0.497 e. The van der Waals surface area contributed by atoms with Crippen LogP contribution in [0.4, 0.5) is 0 Å². The summed E-state index contributed by atoms with van der Waals surface area (Å²) in [4.78, 5) is 0. The van der Waals surface area contributed by atoms with Gasteiger partial charge in [-0.15, -0.1) is 5.10 Å². The molecule has 3 aromatic rings. The van der Waals surface area contributed by atoms with Crippen molar-refractivity contribution in [1.29, 1.82) is 0 Å². The number of aromatic nitrogens is 3. The van der Waals surface area contributed by atoms with E-state index < -0.39 is 0 Å². The summed E-state index contributed by atoms with van der Waals surface area (Å²) >= 11 is 0. The molecule has 3 rings (SSSR count). The summed E-state index contributed by atoms with van der Waals surface area (Å²) in [5, 5.41) is 8.29. The van der Waals surface area contributed by atoms with Gasteiger partial charge in [-0.05, 0) is 48.0 Å². The Morgan fingerprint density at radius 1 is 0.957 bits per heavy atom. The lowest BCUT2D eigenvalue weighted by atomic mass is 10.2. The summed E-state index contributed by atoms with van der Waals surface area (Å²) in [5.74, 6) is 1.64. The number of hydrogen-bond acceptors (Lipinski definition) is 4. The number of ether oxygens (including phenoxy) is 2. The van der Waals surface area contributed by atoms with E-state index >= 15 is 0 Å². The zero-order chi connectivity index (χ0) is 16.1. The summed E-state index contributed by atoms with van der Waals surface area (Å²) in [6, 6.07) is 15.5. The standard InChI is InChI=1S/C18H17N3O2/c1-22-16-8-6-15(7-9-16)18-13-21(20-19-18)11-10-14-4-3-5-17(12-14)23-2/h3-13H,1-2H3/b11-10+. The van der Waals surface area contributed by atoms with E-state index in [1.165, 1.54) is 0 Å². The van der Waals surface area contributed by atoms with Gasteiger partial charge in [0.25, 0.3) is 0 Å². The molecule has 0 atom stereocenters. The van der Waals surface area contributed by atoms with Gasteiger partial charge < -0.3 is 9.47 Å². The highest BCUT2D eigenvalue weighted by atomic mass is 16.5. The van der Waals surface area contributed by atoms with Crippen molar-refractivity contribution < 1.29 is 9.47 Å². The van der Waals surface area contributed by atoms with Crippen LogP contribution in [0.15, 0.2) is 54.7 Å². The normalized spacial score (nSPS) is 10.9. The fraction of sp³-hybridized carbons (Fsp3) is 0.111. The number of nitrogens with zero attached hydrogens (tertiary/aromatic N) is 3. The van der Waals surface area contributed by atoms with Crippen LogP contribution < -0.4 is 9.47 Å². The minimum absolute atomic E-state index is 0.808. The highest BCUT2D eigenvalue weighted by Gasteiger charge is 2.03. The van der Waals surface area contributed by atoms with E-state index in [4.69, 9.17) is 9.47 Å². The Bertz CT molecular complexity index is 807. The fourth-order valence-corrected chi connectivity index (χ4v) is 2.15. The van der Waals surface area contributed by atoms with Gasteiger partial charge in [-0.3, -0.25) is 0 Å². The predicted octanol–water partition coefficient (Wildman–Crippen LogP) is 3.59. The molecule has 0 unspecified atom stereocenters. The Labute approximate surface area is 134 Å². The second kappa shape index (κ2) is 6.79. The predicted molar refractivity (Wildman–Crippen MR) is 90.2 cm³/mol. The van der Waals surface area contributed by atoms with Crippen molar-refractivity contribution in [3.8, 4) is 22.8 Å². The Balaban J connectivity index is 1.77. The van der Waals surface area contributed by atoms with E-state index in [1.807, 2.05) is 67.0 Å². The molecular formula is C18H17N3O2. The van der Waals surface area contributed by atoms with E-state index in [1.54, 1.807) is 18.9 Å². The van der Waals surface area contributed by atoms with Gasteiger partial charge in [0.15, 0.2) is 0 Å². The molecular weight excluding hydrogens is 290 g/mol. The Kier molecular flexibility index (Phi) is 4.38. The van der Waals surface area contributed by atoms with Gasteiger partial charge in [-0.25, -0.2) is 4.68 Å². The van der Waals surface area contributed by atoms with E-state index in [0.717, 1.165) is 28.3 Å². The quantitative estimate of drug-likeness (QED) is 0.723. The van der Waals surface area contributed by atoms with Crippen molar-refractivity contribution in [3.05, 3.63) is 60.3 Å². The van der Waals surface area contributed by atoms with Gasteiger partial charge in [-0.1, -0.05) is 17.3 Å². The van der Waals surface area contributed by atoms with E-state index in [-0.39, 0.29) is 0 Å². The maximum atomic E-state index is 5.21. The zero-order valence-electron chi connectivity index (χ0n) is 13.0. The molecule has 0 bridgehead atoms. The van der Waals surface area contributed by atoms with Crippen molar-refractivity contribution in [3.63, 3.8) is 0 Å². The van der Waals surface area contributed by atoms with E-state index in [9.17, 15) is 0 Å². The summed E-state index contributed by atoms with van der Waals surface area (Å²) in [6.45, 7) is 0. The van der Waals surface area contributed by atoms with Crippen molar-refractivity contribution in [2.45, 2.75) is 0 Å². The smallest absolute Gasteiger partial charge is 0.119 e. The van der Waals surface area contributed by atoms with Crippen LogP contribution in [0, 0.1) is 0 Å². The lowest BCUT2D eigenvalue weighted by Gasteiger charge is -2.00. The first-order valence-corrected chi connectivity index (χ1v) is 7.17. The third-order valence-corrected chi connectivity index (χ3v) is 3.41. The van der Waals surface area contributed by atoms with Gasteiger partial charge >= 0.3 is 0 Å². The SMILES string of the molecule is COc1ccc(-c2cn(/C=C/c3cccc(OC)c3)nn2)cc1. The molecule has 5 nitrogen and oxygen atoms in total. The highest BCUT2D eigenvalue weighted by Crippen LogP contribution is 2.20. The van der Waals surface area contributed by atoms with Crippen LogP contribution in [0.5, 0.6) is 11.5 Å². The second-order valence-corrected chi connectivity index (χ2v) is 4.90.